The summed E-state index contributed by atoms with van der Waals surface area (Å²) in [6.07, 6.45) is 4.13. The summed E-state index contributed by atoms with van der Waals surface area (Å²) in [5, 5.41) is 2.12. The lowest BCUT2D eigenvalue weighted by molar-refractivity contribution is 0.539. The lowest BCUT2D eigenvalue weighted by atomic mass is 10.4. The molecule has 0 atom stereocenters. The van der Waals surface area contributed by atoms with Crippen LogP contribution in [0.1, 0.15) is 17.7 Å². The second-order valence-corrected chi connectivity index (χ2v) is 7.17. The van der Waals surface area contributed by atoms with Crippen molar-refractivity contribution < 1.29 is 0 Å². The van der Waals surface area contributed by atoms with Gasteiger partial charge in [-0.25, -0.2) is 9.97 Å². The zero-order valence-corrected chi connectivity index (χ0v) is 12.5. The SMILES string of the molecule is Cc1cc2c(SC(=S)N3CCCC3)ncnc2s1. The lowest BCUT2D eigenvalue weighted by Crippen LogP contribution is -2.23. The molecule has 3 nitrogen and oxygen atoms in total. The summed E-state index contributed by atoms with van der Waals surface area (Å²) in [7, 11) is 0. The molecule has 0 radical (unpaired) electrons. The van der Waals surface area contributed by atoms with Gasteiger partial charge in [0, 0.05) is 23.4 Å². The van der Waals surface area contributed by atoms with E-state index in [0.29, 0.717) is 0 Å². The maximum absolute atomic E-state index is 5.50. The number of nitrogens with zero attached hydrogens (tertiary/aromatic N) is 3. The molecule has 0 amide bonds. The van der Waals surface area contributed by atoms with Gasteiger partial charge in [0.05, 0.1) is 0 Å². The van der Waals surface area contributed by atoms with E-state index in [-0.39, 0.29) is 0 Å². The molecule has 3 rings (SSSR count). The number of fused-ring (bicyclic) bond motifs is 1. The Morgan fingerprint density at radius 1 is 1.39 bits per heavy atom. The lowest BCUT2D eigenvalue weighted by Gasteiger charge is -2.17. The van der Waals surface area contributed by atoms with Crippen LogP contribution in [-0.4, -0.2) is 32.3 Å². The number of hydrogen-bond acceptors (Lipinski definition) is 5. The van der Waals surface area contributed by atoms with Crippen LogP contribution in [0.25, 0.3) is 10.2 Å². The first kappa shape index (κ1) is 12.3. The van der Waals surface area contributed by atoms with Crippen molar-refractivity contribution in [1.29, 1.82) is 0 Å². The normalized spacial score (nSPS) is 15.5. The van der Waals surface area contributed by atoms with Gasteiger partial charge in [0.1, 0.15) is 20.5 Å². The highest BCUT2D eigenvalue weighted by molar-refractivity contribution is 8.23. The second-order valence-electron chi connectivity index (χ2n) is 4.32. The molecule has 0 spiro atoms. The van der Waals surface area contributed by atoms with Gasteiger partial charge < -0.3 is 4.90 Å². The maximum atomic E-state index is 5.50. The molecule has 1 aliphatic heterocycles. The van der Waals surface area contributed by atoms with Gasteiger partial charge in [-0.2, -0.15) is 0 Å². The van der Waals surface area contributed by atoms with Crippen molar-refractivity contribution in [2.45, 2.75) is 24.8 Å². The average Bonchev–Trinajstić information content (AvgIpc) is 2.96. The molecule has 1 saturated heterocycles. The first-order valence-corrected chi connectivity index (χ1v) is 7.96. The minimum absolute atomic E-state index is 0.941. The first-order chi connectivity index (χ1) is 8.74. The van der Waals surface area contributed by atoms with Gasteiger partial charge in [-0.3, -0.25) is 0 Å². The van der Waals surface area contributed by atoms with E-state index in [4.69, 9.17) is 12.2 Å². The summed E-state index contributed by atoms with van der Waals surface area (Å²) in [4.78, 5) is 13.3. The van der Waals surface area contributed by atoms with Crippen LogP contribution in [0, 0.1) is 6.92 Å². The van der Waals surface area contributed by atoms with Crippen molar-refractivity contribution >= 4 is 49.9 Å². The monoisotopic (exact) mass is 295 g/mol. The Kier molecular flexibility index (Phi) is 3.50. The third kappa shape index (κ3) is 2.37. The van der Waals surface area contributed by atoms with E-state index in [1.54, 1.807) is 29.4 Å². The molecule has 1 fully saturated rings. The Morgan fingerprint density at radius 3 is 2.94 bits per heavy atom. The molecule has 0 aliphatic carbocycles. The Bertz CT molecular complexity index is 587. The molecule has 94 valence electrons. The third-order valence-corrected chi connectivity index (χ3v) is 5.38. The third-order valence-electron chi connectivity index (χ3n) is 2.96. The highest BCUT2D eigenvalue weighted by Gasteiger charge is 2.17. The molecule has 18 heavy (non-hydrogen) atoms. The molecule has 0 N–H and O–H groups in total. The van der Waals surface area contributed by atoms with Crippen molar-refractivity contribution in [3.63, 3.8) is 0 Å². The van der Waals surface area contributed by atoms with Gasteiger partial charge in [-0.05, 0) is 37.6 Å². The largest absolute Gasteiger partial charge is 0.357 e. The Balaban J connectivity index is 1.87. The van der Waals surface area contributed by atoms with Crippen molar-refractivity contribution in [1.82, 2.24) is 14.9 Å². The molecule has 6 heteroatoms. The molecular weight excluding hydrogens is 282 g/mol. The van der Waals surface area contributed by atoms with E-state index >= 15 is 0 Å². The highest BCUT2D eigenvalue weighted by Crippen LogP contribution is 2.32. The van der Waals surface area contributed by atoms with Gasteiger partial charge in [-0.1, -0.05) is 12.2 Å². The van der Waals surface area contributed by atoms with Crippen LogP contribution in [0.15, 0.2) is 17.4 Å². The van der Waals surface area contributed by atoms with E-state index in [0.717, 1.165) is 32.7 Å². The van der Waals surface area contributed by atoms with E-state index in [1.807, 2.05) is 0 Å². The van der Waals surface area contributed by atoms with Crippen molar-refractivity contribution in [3.8, 4) is 0 Å². The number of likely N-dealkylation sites (tertiary alicyclic amines) is 1. The predicted molar refractivity (Wildman–Crippen MR) is 81.4 cm³/mol. The zero-order valence-electron chi connectivity index (χ0n) is 10.0. The van der Waals surface area contributed by atoms with Crippen molar-refractivity contribution in [2.24, 2.45) is 0 Å². The van der Waals surface area contributed by atoms with E-state index in [9.17, 15) is 0 Å². The fraction of sp³-hybridized carbons (Fsp3) is 0.417. The quantitative estimate of drug-likeness (QED) is 0.456. The smallest absolute Gasteiger partial charge is 0.142 e. The van der Waals surface area contributed by atoms with Gasteiger partial charge >= 0.3 is 0 Å². The fourth-order valence-corrected chi connectivity index (χ4v) is 4.26. The molecule has 0 unspecified atom stereocenters. The molecular formula is C12H13N3S3. The molecule has 0 saturated carbocycles. The van der Waals surface area contributed by atoms with Crippen molar-refractivity contribution in [2.75, 3.05) is 13.1 Å². The van der Waals surface area contributed by atoms with Crippen LogP contribution >= 0.6 is 35.3 Å². The van der Waals surface area contributed by atoms with E-state index in [1.165, 1.54) is 17.7 Å². The number of aromatic nitrogens is 2. The van der Waals surface area contributed by atoms with E-state index in [2.05, 4.69) is 27.9 Å². The number of thiophene rings is 1. The Labute approximate surface area is 120 Å². The molecule has 2 aromatic rings. The summed E-state index contributed by atoms with van der Waals surface area (Å²) >= 11 is 8.80. The minimum atomic E-state index is 0.941. The second kappa shape index (κ2) is 5.11. The van der Waals surface area contributed by atoms with Crippen LogP contribution in [0.3, 0.4) is 0 Å². The summed E-state index contributed by atoms with van der Waals surface area (Å²) in [5.74, 6) is 0. The first-order valence-electron chi connectivity index (χ1n) is 5.92. The maximum Gasteiger partial charge on any atom is 0.142 e. The summed E-state index contributed by atoms with van der Waals surface area (Å²) in [6, 6.07) is 2.15. The number of thiocarbonyl (C=S) groups is 1. The standard InChI is InChI=1S/C12H13N3S3/c1-8-6-9-10(17-8)13-7-14-11(9)18-12(16)15-4-2-3-5-15/h6-7H,2-5H2,1H3. The Morgan fingerprint density at radius 2 is 2.17 bits per heavy atom. The fourth-order valence-electron chi connectivity index (χ4n) is 2.08. The van der Waals surface area contributed by atoms with Crippen LogP contribution in [0.4, 0.5) is 0 Å². The molecule has 1 aliphatic rings. The van der Waals surface area contributed by atoms with Gasteiger partial charge in [-0.15, -0.1) is 11.3 Å². The predicted octanol–water partition coefficient (Wildman–Crippen LogP) is 3.47. The number of thioether (sulfide) groups is 1. The zero-order chi connectivity index (χ0) is 12.5. The van der Waals surface area contributed by atoms with Gasteiger partial charge in [0.25, 0.3) is 0 Å². The van der Waals surface area contributed by atoms with Crippen LogP contribution in [0.2, 0.25) is 0 Å². The van der Waals surface area contributed by atoms with Gasteiger partial charge in [0.15, 0.2) is 0 Å². The van der Waals surface area contributed by atoms with Crippen LogP contribution in [-0.2, 0) is 0 Å². The summed E-state index contributed by atoms with van der Waals surface area (Å²) in [6.45, 7) is 4.27. The molecule has 0 bridgehead atoms. The van der Waals surface area contributed by atoms with Gasteiger partial charge in [0.2, 0.25) is 0 Å². The molecule has 2 aromatic heterocycles. The van der Waals surface area contributed by atoms with Crippen molar-refractivity contribution in [3.05, 3.63) is 17.3 Å². The minimum Gasteiger partial charge on any atom is -0.357 e. The van der Waals surface area contributed by atoms with E-state index < -0.39 is 0 Å². The average molecular weight is 295 g/mol. The molecule has 3 heterocycles. The summed E-state index contributed by atoms with van der Waals surface area (Å²) in [5.41, 5.74) is 0. The highest BCUT2D eigenvalue weighted by atomic mass is 32.2. The molecule has 0 aromatic carbocycles. The topological polar surface area (TPSA) is 29.0 Å². The number of hydrogen-bond donors (Lipinski definition) is 0. The number of aryl methyl sites for hydroxylation is 1. The number of rotatable bonds is 1. The summed E-state index contributed by atoms with van der Waals surface area (Å²) < 4.78 is 0.941. The Hall–Kier alpha value is -0.720. The van der Waals surface area contributed by atoms with Crippen LogP contribution < -0.4 is 0 Å². The van der Waals surface area contributed by atoms with Crippen LogP contribution in [0.5, 0.6) is 0 Å².